The summed E-state index contributed by atoms with van der Waals surface area (Å²) in [6.45, 7) is 8.06. The number of thiazole rings is 1. The second-order valence-electron chi connectivity index (χ2n) is 9.38. The second kappa shape index (κ2) is 10.4. The number of fused-ring (bicyclic) bond motifs is 1. The molecule has 2 N–H and O–H groups in total. The van der Waals surface area contributed by atoms with Crippen molar-refractivity contribution in [3.8, 4) is 0 Å². The number of benzene rings is 2. The SMILES string of the molecule is C[Si](C)(C)CCOCn1cnc2cc(NC(c3ccc(Cl)cc3F)c3scnc3C(=O)O)ccc21. The van der Waals surface area contributed by atoms with Gasteiger partial charge in [0.2, 0.25) is 0 Å². The molecule has 4 rings (SSSR count). The van der Waals surface area contributed by atoms with Crippen LogP contribution >= 0.6 is 22.9 Å². The van der Waals surface area contributed by atoms with E-state index in [0.29, 0.717) is 23.9 Å². The van der Waals surface area contributed by atoms with Gasteiger partial charge in [0.1, 0.15) is 12.5 Å². The number of carboxylic acids is 1. The van der Waals surface area contributed by atoms with E-state index in [-0.39, 0.29) is 16.3 Å². The first-order chi connectivity index (χ1) is 16.6. The largest absolute Gasteiger partial charge is 0.476 e. The smallest absolute Gasteiger partial charge is 0.355 e. The molecule has 35 heavy (non-hydrogen) atoms. The van der Waals surface area contributed by atoms with E-state index in [9.17, 15) is 14.3 Å². The highest BCUT2D eigenvalue weighted by molar-refractivity contribution is 7.10. The molecule has 4 aromatic rings. The molecule has 1 unspecified atom stereocenters. The van der Waals surface area contributed by atoms with Crippen LogP contribution in [0.2, 0.25) is 30.7 Å². The van der Waals surface area contributed by atoms with Gasteiger partial charge in [-0.3, -0.25) is 0 Å². The molecule has 0 aliphatic rings. The van der Waals surface area contributed by atoms with Crippen LogP contribution in [0.5, 0.6) is 0 Å². The molecule has 184 valence electrons. The lowest BCUT2D eigenvalue weighted by Crippen LogP contribution is -2.21. The van der Waals surface area contributed by atoms with Crippen molar-refractivity contribution in [1.82, 2.24) is 14.5 Å². The lowest BCUT2D eigenvalue weighted by atomic mass is 10.0. The van der Waals surface area contributed by atoms with Gasteiger partial charge < -0.3 is 19.7 Å². The monoisotopic (exact) mass is 532 g/mol. The number of hydrogen-bond acceptors (Lipinski definition) is 6. The number of aromatic nitrogens is 3. The molecule has 0 amide bonds. The molecule has 1 atom stereocenters. The summed E-state index contributed by atoms with van der Waals surface area (Å²) in [7, 11) is -1.16. The molecule has 0 spiro atoms. The lowest BCUT2D eigenvalue weighted by Gasteiger charge is -2.21. The molecule has 2 aromatic carbocycles. The third-order valence-electron chi connectivity index (χ3n) is 5.49. The molecular weight excluding hydrogens is 507 g/mol. The topological polar surface area (TPSA) is 89.3 Å². The number of halogens is 2. The van der Waals surface area contributed by atoms with E-state index in [1.165, 1.54) is 11.6 Å². The fourth-order valence-corrected chi connectivity index (χ4v) is 5.37. The summed E-state index contributed by atoms with van der Waals surface area (Å²) in [6, 6.07) is 10.2. The Morgan fingerprint density at radius 2 is 2.06 bits per heavy atom. The van der Waals surface area contributed by atoms with Crippen molar-refractivity contribution < 1.29 is 19.0 Å². The Morgan fingerprint density at radius 1 is 1.26 bits per heavy atom. The molecule has 2 heterocycles. The lowest BCUT2D eigenvalue weighted by molar-refractivity contribution is 0.0690. The van der Waals surface area contributed by atoms with Crippen LogP contribution in [0.3, 0.4) is 0 Å². The summed E-state index contributed by atoms with van der Waals surface area (Å²) in [6.07, 6.45) is 1.73. The average molecular weight is 533 g/mol. The first kappa shape index (κ1) is 25.3. The van der Waals surface area contributed by atoms with Crippen LogP contribution < -0.4 is 5.32 Å². The first-order valence-electron chi connectivity index (χ1n) is 11.0. The van der Waals surface area contributed by atoms with Crippen LogP contribution in [0.15, 0.2) is 48.2 Å². The quantitative estimate of drug-likeness (QED) is 0.179. The van der Waals surface area contributed by atoms with Gasteiger partial charge in [-0.05, 0) is 36.4 Å². The Kier molecular flexibility index (Phi) is 7.55. The maximum absolute atomic E-state index is 14.9. The van der Waals surface area contributed by atoms with E-state index in [2.05, 4.69) is 34.9 Å². The highest BCUT2D eigenvalue weighted by Crippen LogP contribution is 2.34. The van der Waals surface area contributed by atoms with Crippen LogP contribution in [-0.2, 0) is 11.5 Å². The summed E-state index contributed by atoms with van der Waals surface area (Å²) >= 11 is 7.09. The van der Waals surface area contributed by atoms with Crippen LogP contribution in [-0.4, -0.2) is 40.3 Å². The van der Waals surface area contributed by atoms with Crippen LogP contribution in [0, 0.1) is 5.82 Å². The first-order valence-corrected chi connectivity index (χ1v) is 16.0. The van der Waals surface area contributed by atoms with E-state index in [4.69, 9.17) is 16.3 Å². The number of nitrogens with one attached hydrogen (secondary N) is 1. The predicted molar refractivity (Wildman–Crippen MR) is 140 cm³/mol. The molecule has 0 bridgehead atoms. The molecular formula is C24H26ClFN4O3SSi. The minimum absolute atomic E-state index is 0.123. The van der Waals surface area contributed by atoms with Gasteiger partial charge in [-0.2, -0.15) is 0 Å². The highest BCUT2D eigenvalue weighted by atomic mass is 35.5. The Hall–Kier alpha value is -2.79. The van der Waals surface area contributed by atoms with E-state index >= 15 is 0 Å². The molecule has 0 fully saturated rings. The number of nitrogens with zero attached hydrogens (tertiary/aromatic N) is 3. The number of aromatic carboxylic acids is 1. The van der Waals surface area contributed by atoms with Crippen molar-refractivity contribution in [1.29, 1.82) is 0 Å². The number of carboxylic acid groups (broad SMARTS) is 1. The normalized spacial score (nSPS) is 12.7. The van der Waals surface area contributed by atoms with Crippen molar-refractivity contribution in [3.63, 3.8) is 0 Å². The Balaban J connectivity index is 1.60. The number of carbonyl (C=O) groups is 1. The van der Waals surface area contributed by atoms with Crippen molar-refractivity contribution in [2.45, 2.75) is 38.5 Å². The molecule has 0 aliphatic carbocycles. The minimum Gasteiger partial charge on any atom is -0.476 e. The maximum atomic E-state index is 14.9. The third kappa shape index (κ3) is 6.07. The number of hydrogen-bond donors (Lipinski definition) is 2. The van der Waals surface area contributed by atoms with Gasteiger partial charge >= 0.3 is 5.97 Å². The van der Waals surface area contributed by atoms with Gasteiger partial charge in [0, 0.05) is 31.0 Å². The minimum atomic E-state index is -1.18. The van der Waals surface area contributed by atoms with E-state index in [1.54, 1.807) is 18.5 Å². The van der Waals surface area contributed by atoms with Gasteiger partial charge in [0.15, 0.2) is 5.69 Å². The van der Waals surface area contributed by atoms with E-state index < -0.39 is 25.9 Å². The summed E-state index contributed by atoms with van der Waals surface area (Å²) in [5.74, 6) is -1.72. The molecule has 0 saturated heterocycles. The molecule has 0 saturated carbocycles. The summed E-state index contributed by atoms with van der Waals surface area (Å²) in [5.41, 5.74) is 3.88. The molecule has 7 nitrogen and oxygen atoms in total. The molecule has 11 heteroatoms. The highest BCUT2D eigenvalue weighted by Gasteiger charge is 2.26. The van der Waals surface area contributed by atoms with Crippen molar-refractivity contribution in [2.75, 3.05) is 11.9 Å². The van der Waals surface area contributed by atoms with Crippen LogP contribution in [0.25, 0.3) is 11.0 Å². The van der Waals surface area contributed by atoms with Crippen molar-refractivity contribution in [3.05, 3.63) is 75.2 Å². The molecule has 0 radical (unpaired) electrons. The van der Waals surface area contributed by atoms with Gasteiger partial charge in [0.25, 0.3) is 0 Å². The fourth-order valence-electron chi connectivity index (χ4n) is 3.61. The summed E-state index contributed by atoms with van der Waals surface area (Å²) in [4.78, 5) is 20.6. The van der Waals surface area contributed by atoms with Crippen molar-refractivity contribution >= 4 is 53.7 Å². The van der Waals surface area contributed by atoms with E-state index in [0.717, 1.165) is 28.4 Å². The Morgan fingerprint density at radius 3 is 2.77 bits per heavy atom. The zero-order chi connectivity index (χ0) is 25.2. The maximum Gasteiger partial charge on any atom is 0.355 e. The number of ether oxygens (including phenoxy) is 1. The van der Waals surface area contributed by atoms with Crippen LogP contribution in [0.1, 0.15) is 27.0 Å². The fraction of sp³-hybridized carbons (Fsp3) is 0.292. The zero-order valence-electron chi connectivity index (χ0n) is 19.6. The third-order valence-corrected chi connectivity index (χ3v) is 8.32. The van der Waals surface area contributed by atoms with E-state index in [1.807, 2.05) is 22.8 Å². The average Bonchev–Trinajstić information content (AvgIpc) is 3.42. The zero-order valence-corrected chi connectivity index (χ0v) is 22.2. The molecule has 0 aliphatic heterocycles. The number of rotatable bonds is 10. The second-order valence-corrected chi connectivity index (χ2v) is 16.3. The molecule has 2 aromatic heterocycles. The number of imidazole rings is 1. The standard InChI is InChI=1S/C24H26ClFN4O3SSi/c1-35(2,3)9-8-33-14-30-12-27-19-11-16(5-7-20(19)30)29-21(17-6-4-15(25)10-18(17)26)23-22(24(31)32)28-13-34-23/h4-7,10-13,21,29H,8-9,14H2,1-3H3,(H,31,32). The number of anilines is 1. The van der Waals surface area contributed by atoms with Gasteiger partial charge in [-0.25, -0.2) is 19.2 Å². The Labute approximate surface area is 212 Å². The van der Waals surface area contributed by atoms with Gasteiger partial charge in [-0.15, -0.1) is 11.3 Å². The Bertz CT molecular complexity index is 1350. The van der Waals surface area contributed by atoms with Crippen molar-refractivity contribution in [2.24, 2.45) is 0 Å². The van der Waals surface area contributed by atoms with Crippen LogP contribution in [0.4, 0.5) is 10.1 Å². The predicted octanol–water partition coefficient (Wildman–Crippen LogP) is 6.50. The summed E-state index contributed by atoms with van der Waals surface area (Å²) in [5, 5.41) is 13.1. The summed E-state index contributed by atoms with van der Waals surface area (Å²) < 4.78 is 22.7. The van der Waals surface area contributed by atoms with Gasteiger partial charge in [0.05, 0.1) is 33.8 Å². The van der Waals surface area contributed by atoms with Gasteiger partial charge in [-0.1, -0.05) is 37.3 Å².